The average molecular weight is 118 g/mol. The zero-order chi connectivity index (χ0) is 6.73. The van der Waals surface area contributed by atoms with Crippen molar-refractivity contribution in [3.05, 3.63) is 0 Å². The molecule has 0 aromatic rings. The van der Waals surface area contributed by atoms with E-state index < -0.39 is 0 Å². The Morgan fingerprint density at radius 2 is 1.25 bits per heavy atom. The van der Waals surface area contributed by atoms with E-state index in [1.54, 1.807) is 0 Å². The molecule has 0 heterocycles. The average Bonchev–Trinajstić information content (AvgIpc) is 1.64. The Bertz CT molecular complexity index is 78.4. The van der Waals surface area contributed by atoms with Gasteiger partial charge in [-0.3, -0.25) is 0 Å². The van der Waals surface area contributed by atoms with Crippen molar-refractivity contribution in [2.75, 3.05) is 28.2 Å². The Labute approximate surface area is 49.9 Å². The lowest BCUT2D eigenvalue weighted by Crippen LogP contribution is -3.29. The molecule has 0 aromatic heterocycles. The molecule has 8 heavy (non-hydrogen) atoms. The summed E-state index contributed by atoms with van der Waals surface area (Å²) < 4.78 is 0. The molecular formula is C5H14N2O+2. The van der Waals surface area contributed by atoms with Gasteiger partial charge in [-0.25, -0.2) is 9.80 Å². The lowest BCUT2D eigenvalue weighted by molar-refractivity contribution is -0.907. The van der Waals surface area contributed by atoms with Crippen LogP contribution in [-0.2, 0) is 0 Å². The van der Waals surface area contributed by atoms with Crippen LogP contribution in [0.15, 0.2) is 0 Å². The third-order valence-corrected chi connectivity index (χ3v) is 0.908. The number of carbonyl (C=O) groups excluding carboxylic acids is 1. The second-order valence-corrected chi connectivity index (χ2v) is 2.33. The number of hydrogen-bond acceptors (Lipinski definition) is 1. The zero-order valence-electron chi connectivity index (χ0n) is 5.91. The predicted octanol–water partition coefficient (Wildman–Crippen LogP) is -2.60. The summed E-state index contributed by atoms with van der Waals surface area (Å²) in [7, 11) is 7.31. The van der Waals surface area contributed by atoms with Crippen molar-refractivity contribution >= 4 is 6.03 Å². The van der Waals surface area contributed by atoms with Gasteiger partial charge < -0.3 is 0 Å². The Morgan fingerprint density at radius 3 is 1.25 bits per heavy atom. The van der Waals surface area contributed by atoms with E-state index in [-0.39, 0.29) is 6.03 Å². The van der Waals surface area contributed by atoms with Crippen molar-refractivity contribution in [1.82, 2.24) is 0 Å². The van der Waals surface area contributed by atoms with Crippen molar-refractivity contribution in [2.24, 2.45) is 0 Å². The molecule has 0 unspecified atom stereocenters. The van der Waals surface area contributed by atoms with Crippen LogP contribution in [0.1, 0.15) is 0 Å². The van der Waals surface area contributed by atoms with Crippen molar-refractivity contribution in [3.63, 3.8) is 0 Å². The number of nitrogens with one attached hydrogen (secondary N) is 2. The number of urea groups is 1. The maximum atomic E-state index is 10.8. The molecule has 0 atom stereocenters. The van der Waals surface area contributed by atoms with Gasteiger partial charge in [0.05, 0.1) is 28.2 Å². The van der Waals surface area contributed by atoms with E-state index in [9.17, 15) is 4.79 Å². The first kappa shape index (κ1) is 7.59. The van der Waals surface area contributed by atoms with E-state index in [4.69, 9.17) is 0 Å². The molecule has 0 aromatic carbocycles. The molecule has 2 N–H and O–H groups in total. The number of carbonyl (C=O) groups is 1. The number of hydrogen-bond donors (Lipinski definition) is 2. The van der Waals surface area contributed by atoms with Crippen molar-refractivity contribution in [1.29, 1.82) is 0 Å². The SMILES string of the molecule is C[NH+](C)C(=O)[NH+](C)C. The summed E-state index contributed by atoms with van der Waals surface area (Å²) in [4.78, 5) is 12.5. The molecule has 3 nitrogen and oxygen atoms in total. The molecular weight excluding hydrogens is 104 g/mol. The standard InChI is InChI=1S/C5H12N2O/c1-6(2)5(8)7(3)4/h1-4H3/p+2. The van der Waals surface area contributed by atoms with Gasteiger partial charge in [0.1, 0.15) is 0 Å². The first-order valence-electron chi connectivity index (χ1n) is 2.70. The fraction of sp³-hybridized carbons (Fsp3) is 0.800. The molecule has 0 saturated heterocycles. The second-order valence-electron chi connectivity index (χ2n) is 2.33. The smallest absolute Gasteiger partial charge is 0.223 e. The van der Waals surface area contributed by atoms with Gasteiger partial charge >= 0.3 is 6.03 Å². The summed E-state index contributed by atoms with van der Waals surface area (Å²) >= 11 is 0. The number of quaternary nitrogens is 2. The maximum Gasteiger partial charge on any atom is 0.510 e. The van der Waals surface area contributed by atoms with Gasteiger partial charge in [-0.1, -0.05) is 0 Å². The van der Waals surface area contributed by atoms with E-state index in [1.807, 2.05) is 28.2 Å². The minimum atomic E-state index is 0.185. The maximum absolute atomic E-state index is 10.8. The van der Waals surface area contributed by atoms with E-state index in [0.717, 1.165) is 9.80 Å². The summed E-state index contributed by atoms with van der Waals surface area (Å²) in [6.45, 7) is 0. The highest BCUT2D eigenvalue weighted by Gasteiger charge is 2.15. The second kappa shape index (κ2) is 2.79. The summed E-state index contributed by atoms with van der Waals surface area (Å²) in [6, 6.07) is 0.185. The number of rotatable bonds is 0. The van der Waals surface area contributed by atoms with Gasteiger partial charge in [-0.2, -0.15) is 4.79 Å². The summed E-state index contributed by atoms with van der Waals surface area (Å²) in [5.41, 5.74) is 0. The van der Waals surface area contributed by atoms with Gasteiger partial charge in [0.25, 0.3) is 0 Å². The number of amides is 2. The van der Waals surface area contributed by atoms with Crippen LogP contribution in [0.2, 0.25) is 0 Å². The fourth-order valence-corrected chi connectivity index (χ4v) is 0.500. The first-order chi connectivity index (χ1) is 3.55. The van der Waals surface area contributed by atoms with Crippen LogP contribution < -0.4 is 9.80 Å². The molecule has 0 saturated carbocycles. The Kier molecular flexibility index (Phi) is 2.65. The topological polar surface area (TPSA) is 26.0 Å². The molecule has 0 radical (unpaired) electrons. The largest absolute Gasteiger partial charge is 0.510 e. The van der Waals surface area contributed by atoms with E-state index in [0.29, 0.717) is 0 Å². The molecule has 0 aliphatic rings. The minimum absolute atomic E-state index is 0.185. The lowest BCUT2D eigenvalue weighted by Gasteiger charge is -2.04. The van der Waals surface area contributed by atoms with E-state index in [2.05, 4.69) is 0 Å². The predicted molar refractivity (Wildman–Crippen MR) is 31.0 cm³/mol. The molecule has 0 fully saturated rings. The third kappa shape index (κ3) is 2.04. The van der Waals surface area contributed by atoms with Crippen LogP contribution in [0, 0.1) is 0 Å². The van der Waals surface area contributed by atoms with Gasteiger partial charge in [-0.15, -0.1) is 0 Å². The molecule has 2 amide bonds. The highest BCUT2D eigenvalue weighted by atomic mass is 16.2. The van der Waals surface area contributed by atoms with Crippen molar-refractivity contribution in [3.8, 4) is 0 Å². The van der Waals surface area contributed by atoms with Crippen LogP contribution in [0.5, 0.6) is 0 Å². The normalized spacial score (nSPS) is 10.8. The minimum Gasteiger partial charge on any atom is -0.223 e. The Balaban J connectivity index is 3.65. The van der Waals surface area contributed by atoms with E-state index >= 15 is 0 Å². The van der Waals surface area contributed by atoms with Gasteiger partial charge in [0.2, 0.25) is 0 Å². The van der Waals surface area contributed by atoms with Crippen molar-refractivity contribution in [2.45, 2.75) is 0 Å². The summed E-state index contributed by atoms with van der Waals surface area (Å²) in [5, 5.41) is 0. The first-order valence-corrected chi connectivity index (χ1v) is 2.70. The molecule has 0 bridgehead atoms. The molecule has 48 valence electrons. The van der Waals surface area contributed by atoms with Crippen molar-refractivity contribution < 1.29 is 14.6 Å². The Hall–Kier alpha value is -0.410. The van der Waals surface area contributed by atoms with Gasteiger partial charge in [0, 0.05) is 0 Å². The van der Waals surface area contributed by atoms with Crippen LogP contribution in [0.3, 0.4) is 0 Å². The molecule has 0 spiro atoms. The highest BCUT2D eigenvalue weighted by molar-refractivity contribution is 5.52. The highest BCUT2D eigenvalue weighted by Crippen LogP contribution is 1.33. The zero-order valence-corrected chi connectivity index (χ0v) is 5.91. The molecule has 3 heteroatoms. The third-order valence-electron chi connectivity index (χ3n) is 0.908. The van der Waals surface area contributed by atoms with E-state index in [1.165, 1.54) is 0 Å². The summed E-state index contributed by atoms with van der Waals surface area (Å²) in [5.74, 6) is 0. The van der Waals surface area contributed by atoms with Crippen LogP contribution in [0.25, 0.3) is 0 Å². The molecule has 0 aliphatic heterocycles. The van der Waals surface area contributed by atoms with Gasteiger partial charge in [0.15, 0.2) is 0 Å². The van der Waals surface area contributed by atoms with Gasteiger partial charge in [-0.05, 0) is 0 Å². The summed E-state index contributed by atoms with van der Waals surface area (Å²) in [6.07, 6.45) is 0. The fourth-order valence-electron chi connectivity index (χ4n) is 0.500. The Morgan fingerprint density at radius 1 is 1.00 bits per heavy atom. The van der Waals surface area contributed by atoms with Crippen LogP contribution >= 0.6 is 0 Å². The molecule has 0 aliphatic carbocycles. The van der Waals surface area contributed by atoms with Crippen LogP contribution in [-0.4, -0.2) is 34.2 Å². The monoisotopic (exact) mass is 118 g/mol. The molecule has 0 rings (SSSR count). The lowest BCUT2D eigenvalue weighted by atomic mass is 10.7. The van der Waals surface area contributed by atoms with Crippen LogP contribution in [0.4, 0.5) is 4.79 Å². The quantitative estimate of drug-likeness (QED) is 0.358.